The summed E-state index contributed by atoms with van der Waals surface area (Å²) in [5, 5.41) is 3.04. The molecule has 1 saturated heterocycles. The highest BCUT2D eigenvalue weighted by Crippen LogP contribution is 2.27. The minimum atomic E-state index is -3.90. The van der Waals surface area contributed by atoms with Gasteiger partial charge in [-0.3, -0.25) is 9.69 Å². The zero-order chi connectivity index (χ0) is 22.6. The number of halogens is 1. The molecule has 1 aliphatic heterocycles. The predicted molar refractivity (Wildman–Crippen MR) is 120 cm³/mol. The van der Waals surface area contributed by atoms with E-state index in [2.05, 4.69) is 19.2 Å². The van der Waals surface area contributed by atoms with Crippen LogP contribution in [0.5, 0.6) is 0 Å². The largest absolute Gasteiger partial charge is 0.324 e. The van der Waals surface area contributed by atoms with E-state index in [9.17, 15) is 17.6 Å². The highest BCUT2D eigenvalue weighted by Gasteiger charge is 2.33. The molecule has 0 aromatic heterocycles. The second kappa shape index (κ2) is 9.89. The number of nitrogens with zero attached hydrogens (tertiary/aromatic N) is 2. The Balaban J connectivity index is 1.64. The quantitative estimate of drug-likeness (QED) is 0.703. The molecule has 0 spiro atoms. The van der Waals surface area contributed by atoms with Crippen LogP contribution in [0.4, 0.5) is 10.1 Å². The zero-order valence-corrected chi connectivity index (χ0v) is 19.0. The van der Waals surface area contributed by atoms with Gasteiger partial charge >= 0.3 is 0 Å². The number of hydrogen-bond acceptors (Lipinski definition) is 4. The van der Waals surface area contributed by atoms with Gasteiger partial charge in [0.2, 0.25) is 15.9 Å². The molecule has 31 heavy (non-hydrogen) atoms. The average molecular weight is 448 g/mol. The molecule has 2 aromatic rings. The molecule has 0 saturated carbocycles. The summed E-state index contributed by atoms with van der Waals surface area (Å²) in [6.07, 6.45) is 0.973. The molecule has 168 valence electrons. The third-order valence-corrected chi connectivity index (χ3v) is 7.95. The number of rotatable bonds is 7. The molecule has 1 fully saturated rings. The van der Waals surface area contributed by atoms with E-state index in [1.54, 1.807) is 0 Å². The van der Waals surface area contributed by atoms with Gasteiger partial charge in [0.05, 0.1) is 6.04 Å². The van der Waals surface area contributed by atoms with Crippen molar-refractivity contribution in [3.63, 3.8) is 0 Å². The molecule has 2 aromatic carbocycles. The molecule has 0 aliphatic carbocycles. The summed E-state index contributed by atoms with van der Waals surface area (Å²) in [5.74, 6) is -0.544. The average Bonchev–Trinajstić information content (AvgIpc) is 2.78. The Hall–Kier alpha value is -2.29. The van der Waals surface area contributed by atoms with E-state index >= 15 is 0 Å². The van der Waals surface area contributed by atoms with Crippen molar-refractivity contribution in [1.82, 2.24) is 9.21 Å². The number of hydrogen-bond donors (Lipinski definition) is 1. The molecule has 0 radical (unpaired) electrons. The van der Waals surface area contributed by atoms with E-state index in [-0.39, 0.29) is 23.9 Å². The van der Waals surface area contributed by atoms with Crippen molar-refractivity contribution in [2.75, 3.05) is 31.5 Å². The zero-order valence-electron chi connectivity index (χ0n) is 18.2. The van der Waals surface area contributed by atoms with Gasteiger partial charge in [0.15, 0.2) is 0 Å². The molecule has 6 nitrogen and oxygen atoms in total. The van der Waals surface area contributed by atoms with E-state index in [1.165, 1.54) is 22.5 Å². The fraction of sp³-hybridized carbons (Fsp3) is 0.435. The van der Waals surface area contributed by atoms with Crippen molar-refractivity contribution in [2.45, 2.75) is 44.0 Å². The van der Waals surface area contributed by atoms with Crippen LogP contribution in [0.1, 0.15) is 38.7 Å². The number of para-hydroxylation sites is 1. The van der Waals surface area contributed by atoms with Crippen LogP contribution in [-0.4, -0.2) is 55.8 Å². The highest BCUT2D eigenvalue weighted by atomic mass is 32.2. The molecule has 1 heterocycles. The fourth-order valence-corrected chi connectivity index (χ4v) is 5.27. The lowest BCUT2D eigenvalue weighted by atomic mass is 9.97. The van der Waals surface area contributed by atoms with E-state index < -0.39 is 21.9 Å². The number of sulfonamides is 1. The van der Waals surface area contributed by atoms with Crippen molar-refractivity contribution in [3.8, 4) is 0 Å². The topological polar surface area (TPSA) is 69.7 Å². The maximum Gasteiger partial charge on any atom is 0.246 e. The predicted octanol–water partition coefficient (Wildman–Crippen LogP) is 3.67. The lowest BCUT2D eigenvalue weighted by Crippen LogP contribution is -2.54. The first-order chi connectivity index (χ1) is 14.8. The number of amides is 1. The van der Waals surface area contributed by atoms with Crippen LogP contribution >= 0.6 is 0 Å². The lowest BCUT2D eigenvalue weighted by Gasteiger charge is -2.36. The van der Waals surface area contributed by atoms with Crippen LogP contribution in [0.3, 0.4) is 0 Å². The van der Waals surface area contributed by atoms with Gasteiger partial charge in [-0.15, -0.1) is 0 Å². The van der Waals surface area contributed by atoms with Crippen LogP contribution in [0, 0.1) is 5.82 Å². The molecule has 2 atom stereocenters. The first-order valence-electron chi connectivity index (χ1n) is 10.6. The number of benzene rings is 2. The van der Waals surface area contributed by atoms with Gasteiger partial charge in [0.1, 0.15) is 10.7 Å². The number of nitrogens with one attached hydrogen (secondary N) is 1. The lowest BCUT2D eigenvalue weighted by molar-refractivity contribution is -0.121. The van der Waals surface area contributed by atoms with Crippen molar-refractivity contribution in [1.29, 1.82) is 0 Å². The van der Waals surface area contributed by atoms with E-state index in [4.69, 9.17) is 0 Å². The Kier molecular flexibility index (Phi) is 7.46. The molecule has 1 amide bonds. The summed E-state index contributed by atoms with van der Waals surface area (Å²) >= 11 is 0. The summed E-state index contributed by atoms with van der Waals surface area (Å²) in [7, 11) is -3.90. The van der Waals surface area contributed by atoms with Gasteiger partial charge < -0.3 is 5.32 Å². The summed E-state index contributed by atoms with van der Waals surface area (Å²) in [6, 6.07) is 12.8. The van der Waals surface area contributed by atoms with Gasteiger partial charge in [0, 0.05) is 31.9 Å². The molecule has 3 rings (SSSR count). The van der Waals surface area contributed by atoms with Gasteiger partial charge in [-0.2, -0.15) is 4.31 Å². The maximum absolute atomic E-state index is 14.0. The minimum Gasteiger partial charge on any atom is -0.324 e. The number of anilines is 1. The maximum atomic E-state index is 14.0. The third kappa shape index (κ3) is 5.14. The van der Waals surface area contributed by atoms with E-state index in [1.807, 2.05) is 36.1 Å². The summed E-state index contributed by atoms with van der Waals surface area (Å²) in [4.78, 5) is 14.5. The van der Waals surface area contributed by atoms with E-state index in [0.717, 1.165) is 23.7 Å². The van der Waals surface area contributed by atoms with Gasteiger partial charge in [-0.1, -0.05) is 44.2 Å². The standard InChI is InChI=1S/C23H30FN3O3S/c1-4-17(2)19-9-5-7-11-21(19)25-23(28)18(3)26-13-15-27(16-14-26)31(29,30)22-12-8-6-10-20(22)24/h5-12,17-18H,4,13-16H2,1-3H3,(H,25,28)/t17-,18-/m0/s1. The Bertz CT molecular complexity index is 1020. The second-order valence-corrected chi connectivity index (χ2v) is 9.84. The van der Waals surface area contributed by atoms with Crippen molar-refractivity contribution < 1.29 is 17.6 Å². The first kappa shape index (κ1) is 23.4. The molecule has 1 N–H and O–H groups in total. The minimum absolute atomic E-state index is 0.124. The number of carbonyl (C=O) groups is 1. The van der Waals surface area contributed by atoms with Gasteiger partial charge in [-0.05, 0) is 43.0 Å². The van der Waals surface area contributed by atoms with Gasteiger partial charge in [-0.25, -0.2) is 12.8 Å². The normalized spacial score (nSPS) is 17.8. The highest BCUT2D eigenvalue weighted by molar-refractivity contribution is 7.89. The smallest absolute Gasteiger partial charge is 0.246 e. The SMILES string of the molecule is CC[C@H](C)c1ccccc1NC(=O)[C@H](C)N1CCN(S(=O)(=O)c2ccccc2F)CC1. The Labute approximate surface area is 184 Å². The van der Waals surface area contributed by atoms with Crippen LogP contribution in [0.2, 0.25) is 0 Å². The molecule has 0 unspecified atom stereocenters. The van der Waals surface area contributed by atoms with Gasteiger partial charge in [0.25, 0.3) is 0 Å². The Morgan fingerprint density at radius 2 is 1.65 bits per heavy atom. The summed E-state index contributed by atoms with van der Waals surface area (Å²) in [6.45, 7) is 7.27. The Morgan fingerprint density at radius 3 is 2.29 bits per heavy atom. The van der Waals surface area contributed by atoms with E-state index in [0.29, 0.717) is 19.0 Å². The molecular weight excluding hydrogens is 417 g/mol. The monoisotopic (exact) mass is 447 g/mol. The van der Waals surface area contributed by atoms with Crippen molar-refractivity contribution in [3.05, 3.63) is 59.9 Å². The Morgan fingerprint density at radius 1 is 1.03 bits per heavy atom. The van der Waals surface area contributed by atoms with Crippen molar-refractivity contribution >= 4 is 21.6 Å². The molecule has 1 aliphatic rings. The fourth-order valence-electron chi connectivity index (χ4n) is 3.79. The van der Waals surface area contributed by atoms with Crippen LogP contribution in [0.25, 0.3) is 0 Å². The molecule has 8 heteroatoms. The molecule has 0 bridgehead atoms. The molecular formula is C23H30FN3O3S. The number of carbonyl (C=O) groups excluding carboxylic acids is 1. The number of piperazine rings is 1. The third-order valence-electron chi connectivity index (χ3n) is 6.02. The van der Waals surface area contributed by atoms with Crippen LogP contribution in [0.15, 0.2) is 53.4 Å². The summed E-state index contributed by atoms with van der Waals surface area (Å²) < 4.78 is 40.8. The summed E-state index contributed by atoms with van der Waals surface area (Å²) in [5.41, 5.74) is 1.92. The van der Waals surface area contributed by atoms with Crippen LogP contribution < -0.4 is 5.32 Å². The van der Waals surface area contributed by atoms with Crippen LogP contribution in [-0.2, 0) is 14.8 Å². The second-order valence-electron chi connectivity index (χ2n) is 7.93. The van der Waals surface area contributed by atoms with Crippen molar-refractivity contribution in [2.24, 2.45) is 0 Å². The first-order valence-corrected chi connectivity index (χ1v) is 12.1.